The van der Waals surface area contributed by atoms with Crippen LogP contribution < -0.4 is 5.69 Å². The normalized spacial score (nSPS) is 11.0. The number of hydrogen-bond acceptors (Lipinski definition) is 1. The van der Waals surface area contributed by atoms with Gasteiger partial charge in [0.05, 0.1) is 16.7 Å². The van der Waals surface area contributed by atoms with Gasteiger partial charge in [0, 0.05) is 5.02 Å². The van der Waals surface area contributed by atoms with Gasteiger partial charge >= 0.3 is 5.69 Å². The van der Waals surface area contributed by atoms with Gasteiger partial charge in [-0.1, -0.05) is 23.7 Å². The molecule has 3 aromatic rings. The molecule has 0 saturated heterocycles. The summed E-state index contributed by atoms with van der Waals surface area (Å²) in [4.78, 5) is 14.6. The minimum atomic E-state index is -0.458. The molecular formula is C13H8ClFN2O. The summed E-state index contributed by atoms with van der Waals surface area (Å²) in [6.07, 6.45) is 0. The van der Waals surface area contributed by atoms with Crippen molar-refractivity contribution in [2.45, 2.75) is 0 Å². The number of H-pyrrole nitrogens is 1. The largest absolute Gasteiger partial charge is 0.331 e. The van der Waals surface area contributed by atoms with E-state index >= 15 is 0 Å². The number of benzene rings is 2. The maximum atomic E-state index is 13.8. The molecule has 0 bridgehead atoms. The number of aromatic amines is 1. The van der Waals surface area contributed by atoms with Gasteiger partial charge in [-0.15, -0.1) is 0 Å². The first-order chi connectivity index (χ1) is 8.66. The van der Waals surface area contributed by atoms with E-state index in [-0.39, 0.29) is 5.69 Å². The summed E-state index contributed by atoms with van der Waals surface area (Å²) in [5, 5.41) is 0.492. The molecular weight excluding hydrogens is 255 g/mol. The molecule has 1 aromatic heterocycles. The van der Waals surface area contributed by atoms with E-state index in [9.17, 15) is 9.18 Å². The summed E-state index contributed by atoms with van der Waals surface area (Å²) in [6, 6.07) is 11.1. The lowest BCUT2D eigenvalue weighted by Crippen LogP contribution is -2.15. The molecule has 0 spiro atoms. The molecule has 3 nitrogen and oxygen atoms in total. The predicted octanol–water partition coefficient (Wildman–Crippen LogP) is 3.11. The molecule has 0 aliphatic carbocycles. The van der Waals surface area contributed by atoms with Crippen molar-refractivity contribution in [3.8, 4) is 5.69 Å². The van der Waals surface area contributed by atoms with Crippen molar-refractivity contribution in [1.29, 1.82) is 0 Å². The van der Waals surface area contributed by atoms with E-state index in [4.69, 9.17) is 11.6 Å². The minimum absolute atomic E-state index is 0.205. The zero-order chi connectivity index (χ0) is 12.7. The molecule has 0 unspecified atom stereocenters. The van der Waals surface area contributed by atoms with E-state index < -0.39 is 11.5 Å². The van der Waals surface area contributed by atoms with Crippen molar-refractivity contribution >= 4 is 22.6 Å². The fraction of sp³-hybridized carbons (Fsp3) is 0. The zero-order valence-electron chi connectivity index (χ0n) is 9.15. The van der Waals surface area contributed by atoms with Crippen molar-refractivity contribution in [2.75, 3.05) is 0 Å². The van der Waals surface area contributed by atoms with Gasteiger partial charge in [-0.2, -0.15) is 0 Å². The molecule has 1 N–H and O–H groups in total. The van der Waals surface area contributed by atoms with Crippen LogP contribution in [-0.4, -0.2) is 9.55 Å². The lowest BCUT2D eigenvalue weighted by Gasteiger charge is -2.04. The van der Waals surface area contributed by atoms with Crippen LogP contribution in [0.5, 0.6) is 0 Å². The summed E-state index contributed by atoms with van der Waals surface area (Å²) in [5.74, 6) is -0.458. The summed E-state index contributed by atoms with van der Waals surface area (Å²) < 4.78 is 15.0. The van der Waals surface area contributed by atoms with E-state index in [1.54, 1.807) is 36.4 Å². The average molecular weight is 263 g/mol. The predicted molar refractivity (Wildman–Crippen MR) is 68.9 cm³/mol. The Morgan fingerprint density at radius 2 is 1.94 bits per heavy atom. The molecule has 1 heterocycles. The summed E-state index contributed by atoms with van der Waals surface area (Å²) >= 11 is 5.90. The Kier molecular flexibility index (Phi) is 2.45. The number of hydrogen-bond donors (Lipinski definition) is 1. The quantitative estimate of drug-likeness (QED) is 0.719. The van der Waals surface area contributed by atoms with Crippen molar-refractivity contribution in [1.82, 2.24) is 9.55 Å². The van der Waals surface area contributed by atoms with Crippen LogP contribution in [0.1, 0.15) is 0 Å². The van der Waals surface area contributed by atoms with Gasteiger partial charge in [0.2, 0.25) is 0 Å². The minimum Gasteiger partial charge on any atom is -0.305 e. The van der Waals surface area contributed by atoms with Crippen LogP contribution in [-0.2, 0) is 0 Å². The molecule has 0 saturated carbocycles. The van der Waals surface area contributed by atoms with Gasteiger partial charge in [-0.3, -0.25) is 4.57 Å². The number of fused-ring (bicyclic) bond motifs is 1. The lowest BCUT2D eigenvalue weighted by atomic mass is 10.2. The highest BCUT2D eigenvalue weighted by atomic mass is 35.5. The Bertz CT molecular complexity index is 791. The molecule has 0 radical (unpaired) electrons. The van der Waals surface area contributed by atoms with Crippen molar-refractivity contribution in [3.05, 3.63) is 63.8 Å². The van der Waals surface area contributed by atoms with E-state index in [2.05, 4.69) is 4.98 Å². The SMILES string of the molecule is O=c1[nH]c2ccc(Cl)cc2n1-c1ccccc1F. The van der Waals surface area contributed by atoms with Crippen LogP contribution in [0, 0.1) is 5.82 Å². The van der Waals surface area contributed by atoms with Gasteiger partial charge in [-0.05, 0) is 30.3 Å². The second kappa shape index (κ2) is 3.99. The highest BCUT2D eigenvalue weighted by molar-refractivity contribution is 6.31. The molecule has 0 atom stereocenters. The molecule has 3 rings (SSSR count). The molecule has 0 fully saturated rings. The molecule has 2 aromatic carbocycles. The number of aromatic nitrogens is 2. The Balaban J connectivity index is 2.42. The number of halogens is 2. The molecule has 0 amide bonds. The van der Waals surface area contributed by atoms with Crippen molar-refractivity contribution < 1.29 is 4.39 Å². The number of nitrogens with one attached hydrogen (secondary N) is 1. The Morgan fingerprint density at radius 1 is 1.17 bits per heavy atom. The fourth-order valence-electron chi connectivity index (χ4n) is 1.95. The lowest BCUT2D eigenvalue weighted by molar-refractivity contribution is 0.618. The van der Waals surface area contributed by atoms with Crippen LogP contribution in [0.3, 0.4) is 0 Å². The van der Waals surface area contributed by atoms with Crippen LogP contribution in [0.2, 0.25) is 5.02 Å². The monoisotopic (exact) mass is 262 g/mol. The molecule has 0 aliphatic heterocycles. The second-order valence-corrected chi connectivity index (χ2v) is 4.31. The smallest absolute Gasteiger partial charge is 0.305 e. The van der Waals surface area contributed by atoms with Crippen molar-refractivity contribution in [3.63, 3.8) is 0 Å². The van der Waals surface area contributed by atoms with Crippen LogP contribution in [0.15, 0.2) is 47.3 Å². The highest BCUT2D eigenvalue weighted by Gasteiger charge is 2.12. The highest BCUT2D eigenvalue weighted by Crippen LogP contribution is 2.21. The van der Waals surface area contributed by atoms with Gasteiger partial charge in [0.1, 0.15) is 5.82 Å². The van der Waals surface area contributed by atoms with Gasteiger partial charge < -0.3 is 4.98 Å². The number of rotatable bonds is 1. The molecule has 5 heteroatoms. The molecule has 90 valence electrons. The van der Waals surface area contributed by atoms with Crippen LogP contribution in [0.4, 0.5) is 4.39 Å². The first-order valence-electron chi connectivity index (χ1n) is 5.32. The van der Waals surface area contributed by atoms with E-state index in [1.807, 2.05) is 0 Å². The Morgan fingerprint density at radius 3 is 2.72 bits per heavy atom. The molecule has 0 aliphatic rings. The Hall–Kier alpha value is -2.07. The maximum absolute atomic E-state index is 13.8. The summed E-state index contributed by atoms with van der Waals surface area (Å²) in [7, 11) is 0. The van der Waals surface area contributed by atoms with Gasteiger partial charge in [0.15, 0.2) is 0 Å². The number of nitrogens with zero attached hydrogens (tertiary/aromatic N) is 1. The van der Waals surface area contributed by atoms with Gasteiger partial charge in [-0.25, -0.2) is 9.18 Å². The Labute approximate surface area is 106 Å². The number of imidazole rings is 1. The fourth-order valence-corrected chi connectivity index (χ4v) is 2.11. The van der Waals surface area contributed by atoms with Crippen LogP contribution in [0.25, 0.3) is 16.7 Å². The van der Waals surface area contributed by atoms with Crippen LogP contribution >= 0.6 is 11.6 Å². The first kappa shape index (κ1) is 11.0. The third-order valence-electron chi connectivity index (χ3n) is 2.74. The summed E-state index contributed by atoms with van der Waals surface area (Å²) in [6.45, 7) is 0. The average Bonchev–Trinajstić information content (AvgIpc) is 2.66. The third-order valence-corrected chi connectivity index (χ3v) is 2.97. The second-order valence-electron chi connectivity index (χ2n) is 3.88. The van der Waals surface area contributed by atoms with Gasteiger partial charge in [0.25, 0.3) is 0 Å². The van der Waals surface area contributed by atoms with E-state index in [1.165, 1.54) is 10.6 Å². The third kappa shape index (κ3) is 1.62. The molecule has 18 heavy (non-hydrogen) atoms. The first-order valence-corrected chi connectivity index (χ1v) is 5.70. The standard InChI is InChI=1S/C13H8ClFN2O/c14-8-5-6-10-12(7-8)17(13(18)16-10)11-4-2-1-3-9(11)15/h1-7H,(H,16,18). The topological polar surface area (TPSA) is 37.8 Å². The zero-order valence-corrected chi connectivity index (χ0v) is 9.91. The maximum Gasteiger partial charge on any atom is 0.331 e. The summed E-state index contributed by atoms with van der Waals surface area (Å²) in [5.41, 5.74) is 0.985. The number of para-hydroxylation sites is 1. The van der Waals surface area contributed by atoms with E-state index in [0.29, 0.717) is 16.1 Å². The van der Waals surface area contributed by atoms with E-state index in [0.717, 1.165) is 0 Å². The van der Waals surface area contributed by atoms with Crippen molar-refractivity contribution in [2.24, 2.45) is 0 Å².